The second-order valence-corrected chi connectivity index (χ2v) is 6.35. The quantitative estimate of drug-likeness (QED) is 0.505. The second kappa shape index (κ2) is 7.74. The molecule has 0 aromatic carbocycles. The molecule has 1 fully saturated rings. The Kier molecular flexibility index (Phi) is 6.65. The van der Waals surface area contributed by atoms with E-state index in [9.17, 15) is 8.42 Å². The average Bonchev–Trinajstić information content (AvgIpc) is 2.37. The minimum Gasteiger partial charge on any atom is -0.385 e. The summed E-state index contributed by atoms with van der Waals surface area (Å²) >= 11 is 0. The Labute approximate surface area is 110 Å². The monoisotopic (exact) mass is 274 g/mol. The van der Waals surface area contributed by atoms with Crippen molar-refractivity contribution in [3.8, 4) is 11.8 Å². The van der Waals surface area contributed by atoms with Crippen LogP contribution in [0.1, 0.15) is 13.3 Å². The summed E-state index contributed by atoms with van der Waals surface area (Å²) in [6.07, 6.45) is 0.556. The summed E-state index contributed by atoms with van der Waals surface area (Å²) in [6, 6.07) is 0. The van der Waals surface area contributed by atoms with Gasteiger partial charge in [-0.2, -0.15) is 4.31 Å². The Bertz CT molecular complexity index is 389. The third-order valence-electron chi connectivity index (χ3n) is 2.95. The normalized spacial score (nSPS) is 18.3. The molecule has 0 N–H and O–H groups in total. The molecule has 0 saturated carbocycles. The summed E-state index contributed by atoms with van der Waals surface area (Å²) in [7, 11) is -1.53. The van der Waals surface area contributed by atoms with E-state index in [-0.39, 0.29) is 5.75 Å². The van der Waals surface area contributed by atoms with Gasteiger partial charge in [-0.25, -0.2) is 8.42 Å². The fourth-order valence-electron chi connectivity index (χ4n) is 1.87. The molecule has 0 aromatic heterocycles. The molecule has 1 saturated heterocycles. The predicted molar refractivity (Wildman–Crippen MR) is 71.7 cm³/mol. The van der Waals surface area contributed by atoms with Crippen molar-refractivity contribution in [2.24, 2.45) is 0 Å². The standard InChI is InChI=1S/C12H22N2O3S/c1-3-4-6-13-7-9-14(10-8-13)18(15,16)12-5-11-17-2/h5-12H2,1-2H3. The Morgan fingerprint density at radius 2 is 1.89 bits per heavy atom. The molecule has 0 spiro atoms. The number of piperazine rings is 1. The number of hydrogen-bond acceptors (Lipinski definition) is 4. The van der Waals surface area contributed by atoms with Gasteiger partial charge in [0.05, 0.1) is 12.3 Å². The molecule has 0 amide bonds. The van der Waals surface area contributed by atoms with Crippen LogP contribution in [0.4, 0.5) is 0 Å². The molecule has 5 nitrogen and oxygen atoms in total. The fraction of sp³-hybridized carbons (Fsp3) is 0.833. The van der Waals surface area contributed by atoms with E-state index in [1.54, 1.807) is 11.4 Å². The van der Waals surface area contributed by atoms with Crippen molar-refractivity contribution in [1.82, 2.24) is 9.21 Å². The van der Waals surface area contributed by atoms with Crippen molar-refractivity contribution in [2.45, 2.75) is 13.3 Å². The van der Waals surface area contributed by atoms with E-state index < -0.39 is 10.0 Å². The molecule has 1 rings (SSSR count). The zero-order chi connectivity index (χ0) is 13.4. The third-order valence-corrected chi connectivity index (χ3v) is 4.91. The molecule has 1 aliphatic rings. The maximum atomic E-state index is 12.0. The van der Waals surface area contributed by atoms with E-state index in [0.717, 1.165) is 19.6 Å². The lowest BCUT2D eigenvalue weighted by atomic mass is 10.3. The molecular formula is C12H22N2O3S. The van der Waals surface area contributed by atoms with Gasteiger partial charge < -0.3 is 4.74 Å². The van der Waals surface area contributed by atoms with Crippen LogP contribution in [0.2, 0.25) is 0 Å². The lowest BCUT2D eigenvalue weighted by Crippen LogP contribution is -2.49. The van der Waals surface area contributed by atoms with Crippen LogP contribution in [0.15, 0.2) is 0 Å². The van der Waals surface area contributed by atoms with Gasteiger partial charge in [0.15, 0.2) is 0 Å². The number of methoxy groups -OCH3 is 1. The molecule has 0 radical (unpaired) electrons. The molecule has 0 aliphatic carbocycles. The van der Waals surface area contributed by atoms with Gasteiger partial charge in [0.25, 0.3) is 0 Å². The minimum absolute atomic E-state index is 0.176. The molecule has 0 aromatic rings. The molecule has 1 aliphatic heterocycles. The van der Waals surface area contributed by atoms with E-state index in [2.05, 4.69) is 16.7 Å². The highest BCUT2D eigenvalue weighted by atomic mass is 32.2. The summed E-state index contributed by atoms with van der Waals surface area (Å²) in [5.74, 6) is 6.03. The van der Waals surface area contributed by atoms with E-state index in [1.165, 1.54) is 0 Å². The van der Waals surface area contributed by atoms with Gasteiger partial charge in [-0.15, -0.1) is 5.92 Å². The van der Waals surface area contributed by atoms with Gasteiger partial charge >= 0.3 is 0 Å². The van der Waals surface area contributed by atoms with Crippen LogP contribution in [-0.4, -0.2) is 69.8 Å². The van der Waals surface area contributed by atoms with Crippen LogP contribution >= 0.6 is 0 Å². The van der Waals surface area contributed by atoms with Gasteiger partial charge in [-0.05, 0) is 13.3 Å². The van der Waals surface area contributed by atoms with Crippen molar-refractivity contribution in [3.63, 3.8) is 0 Å². The summed E-state index contributed by atoms with van der Waals surface area (Å²) in [5, 5.41) is 0. The van der Waals surface area contributed by atoms with Gasteiger partial charge in [0.1, 0.15) is 0 Å². The zero-order valence-electron chi connectivity index (χ0n) is 11.2. The average molecular weight is 274 g/mol. The first-order valence-corrected chi connectivity index (χ1v) is 7.80. The Morgan fingerprint density at radius 3 is 2.44 bits per heavy atom. The van der Waals surface area contributed by atoms with Gasteiger partial charge in [-0.3, -0.25) is 4.90 Å². The molecular weight excluding hydrogens is 252 g/mol. The van der Waals surface area contributed by atoms with Crippen LogP contribution in [0.3, 0.4) is 0 Å². The molecule has 104 valence electrons. The first-order valence-electron chi connectivity index (χ1n) is 6.19. The van der Waals surface area contributed by atoms with Gasteiger partial charge in [-0.1, -0.05) is 5.92 Å². The van der Waals surface area contributed by atoms with Crippen molar-refractivity contribution in [2.75, 3.05) is 52.2 Å². The van der Waals surface area contributed by atoms with E-state index in [1.807, 2.05) is 6.92 Å². The number of hydrogen-bond donors (Lipinski definition) is 0. The third kappa shape index (κ3) is 4.94. The minimum atomic E-state index is -3.11. The molecule has 0 bridgehead atoms. The SMILES string of the molecule is CC#CCN1CCN(S(=O)(=O)CCCOC)CC1. The number of sulfonamides is 1. The molecule has 6 heteroatoms. The molecule has 0 unspecified atom stereocenters. The highest BCUT2D eigenvalue weighted by molar-refractivity contribution is 7.89. The van der Waals surface area contributed by atoms with Crippen molar-refractivity contribution < 1.29 is 13.2 Å². The van der Waals surface area contributed by atoms with Crippen LogP contribution in [0, 0.1) is 11.8 Å². The lowest BCUT2D eigenvalue weighted by molar-refractivity contribution is 0.195. The van der Waals surface area contributed by atoms with E-state index >= 15 is 0 Å². The predicted octanol–water partition coefficient (Wildman–Crippen LogP) is -0.00640. The van der Waals surface area contributed by atoms with Crippen molar-refractivity contribution in [3.05, 3.63) is 0 Å². The summed E-state index contributed by atoms with van der Waals surface area (Å²) in [6.45, 7) is 5.70. The zero-order valence-corrected chi connectivity index (χ0v) is 12.0. The van der Waals surface area contributed by atoms with Crippen LogP contribution in [0.5, 0.6) is 0 Å². The van der Waals surface area contributed by atoms with Gasteiger partial charge in [0, 0.05) is 39.9 Å². The summed E-state index contributed by atoms with van der Waals surface area (Å²) in [5.41, 5.74) is 0. The molecule has 18 heavy (non-hydrogen) atoms. The van der Waals surface area contributed by atoms with Crippen LogP contribution in [0.25, 0.3) is 0 Å². The highest BCUT2D eigenvalue weighted by Gasteiger charge is 2.25. The maximum Gasteiger partial charge on any atom is 0.214 e. The smallest absolute Gasteiger partial charge is 0.214 e. The Hall–Kier alpha value is -0.610. The molecule has 1 heterocycles. The summed E-state index contributed by atoms with van der Waals surface area (Å²) in [4.78, 5) is 2.18. The lowest BCUT2D eigenvalue weighted by Gasteiger charge is -2.32. The van der Waals surface area contributed by atoms with E-state index in [4.69, 9.17) is 4.74 Å². The van der Waals surface area contributed by atoms with Gasteiger partial charge in [0.2, 0.25) is 10.0 Å². The highest BCUT2D eigenvalue weighted by Crippen LogP contribution is 2.08. The largest absolute Gasteiger partial charge is 0.385 e. The second-order valence-electron chi connectivity index (χ2n) is 4.26. The number of rotatable bonds is 6. The number of nitrogens with zero attached hydrogens (tertiary/aromatic N) is 2. The van der Waals surface area contributed by atoms with E-state index in [0.29, 0.717) is 26.1 Å². The van der Waals surface area contributed by atoms with Crippen LogP contribution in [-0.2, 0) is 14.8 Å². The van der Waals surface area contributed by atoms with Crippen molar-refractivity contribution >= 4 is 10.0 Å². The fourth-order valence-corrected chi connectivity index (χ4v) is 3.33. The molecule has 0 atom stereocenters. The van der Waals surface area contributed by atoms with Crippen LogP contribution < -0.4 is 0 Å². The Morgan fingerprint density at radius 1 is 1.22 bits per heavy atom. The number of ether oxygens (including phenoxy) is 1. The Balaban J connectivity index is 2.38. The summed E-state index contributed by atoms with van der Waals surface area (Å²) < 4.78 is 30.5. The first-order chi connectivity index (χ1) is 8.60. The first kappa shape index (κ1) is 15.4. The maximum absolute atomic E-state index is 12.0. The van der Waals surface area contributed by atoms with Crippen molar-refractivity contribution in [1.29, 1.82) is 0 Å². The topological polar surface area (TPSA) is 49.9 Å².